The van der Waals surface area contributed by atoms with Crippen LogP contribution in [0.25, 0.3) is 18.2 Å². The second-order valence-corrected chi connectivity index (χ2v) is 2.44. The molecule has 1 aromatic carbocycles. The Labute approximate surface area is 73.6 Å². The van der Waals surface area contributed by atoms with Crippen molar-refractivity contribution in [3.8, 4) is 0 Å². The average molecular weight is 155 g/mol. The van der Waals surface area contributed by atoms with Gasteiger partial charge >= 0.3 is 0 Å². The molecule has 1 aromatic rings. The Morgan fingerprint density at radius 2 is 1.42 bits per heavy atom. The van der Waals surface area contributed by atoms with E-state index in [-0.39, 0.29) is 0 Å². The van der Waals surface area contributed by atoms with Crippen molar-refractivity contribution in [2.24, 2.45) is 0 Å². The molecule has 0 bridgehead atoms. The molecular weight excluding hydrogens is 144 g/mol. The van der Waals surface area contributed by atoms with E-state index in [1.165, 1.54) is 0 Å². The van der Waals surface area contributed by atoms with Crippen LogP contribution < -0.4 is 0 Å². The third-order valence-corrected chi connectivity index (χ3v) is 1.61. The van der Waals surface area contributed by atoms with E-state index >= 15 is 0 Å². The van der Waals surface area contributed by atoms with Crippen LogP contribution in [0.3, 0.4) is 0 Å². The van der Waals surface area contributed by atoms with E-state index in [2.05, 4.69) is 25.8 Å². The van der Waals surface area contributed by atoms with Crippen molar-refractivity contribution in [1.82, 2.24) is 0 Å². The predicted octanol–water partition coefficient (Wildman–Crippen LogP) is 3.42. The molecule has 59 valence electrons. The first-order valence-electron chi connectivity index (χ1n) is 3.75. The second kappa shape index (κ2) is 3.72. The average Bonchev–Trinajstić information content (AvgIpc) is 2.16. The minimum Gasteiger partial charge on any atom is -0.0985 e. The van der Waals surface area contributed by atoms with E-state index in [9.17, 15) is 0 Å². The van der Waals surface area contributed by atoms with Crippen LogP contribution in [0, 0.1) is 6.07 Å². The minimum atomic E-state index is 0.974. The Morgan fingerprint density at radius 1 is 0.917 bits per heavy atom. The summed E-state index contributed by atoms with van der Waals surface area (Å²) in [6, 6.07) is 7.09. The molecule has 1 radical (unpaired) electrons. The fourth-order valence-electron chi connectivity index (χ4n) is 0.977. The normalized spacial score (nSPS) is 9.00. The summed E-state index contributed by atoms with van der Waals surface area (Å²) < 4.78 is 0. The summed E-state index contributed by atoms with van der Waals surface area (Å²) in [5.74, 6) is 0. The molecule has 0 heterocycles. The summed E-state index contributed by atoms with van der Waals surface area (Å²) in [6.07, 6.45) is 5.33. The molecule has 1 rings (SSSR count). The molecule has 12 heavy (non-hydrogen) atoms. The Morgan fingerprint density at radius 3 is 1.75 bits per heavy atom. The molecule has 0 aliphatic rings. The van der Waals surface area contributed by atoms with Crippen LogP contribution in [0.15, 0.2) is 31.9 Å². The highest BCUT2D eigenvalue weighted by Gasteiger charge is 1.93. The highest BCUT2D eigenvalue weighted by molar-refractivity contribution is 5.62. The number of benzene rings is 1. The van der Waals surface area contributed by atoms with Gasteiger partial charge in [0.15, 0.2) is 0 Å². The van der Waals surface area contributed by atoms with E-state index in [0.29, 0.717) is 0 Å². The summed E-state index contributed by atoms with van der Waals surface area (Å²) in [7, 11) is 0. The zero-order chi connectivity index (χ0) is 8.97. The molecule has 0 aliphatic carbocycles. The van der Waals surface area contributed by atoms with Crippen molar-refractivity contribution in [1.29, 1.82) is 0 Å². The van der Waals surface area contributed by atoms with E-state index in [1.54, 1.807) is 18.2 Å². The zero-order valence-electron chi connectivity index (χ0n) is 7.01. The maximum atomic E-state index is 3.70. The summed E-state index contributed by atoms with van der Waals surface area (Å²) in [5.41, 5.74) is 3.02. The molecule has 0 saturated carbocycles. The van der Waals surface area contributed by atoms with Crippen molar-refractivity contribution in [3.05, 3.63) is 54.6 Å². The lowest BCUT2D eigenvalue weighted by atomic mass is 10.1. The van der Waals surface area contributed by atoms with E-state index in [1.807, 2.05) is 12.1 Å². The van der Waals surface area contributed by atoms with E-state index < -0.39 is 0 Å². The van der Waals surface area contributed by atoms with Crippen LogP contribution in [0.2, 0.25) is 0 Å². The summed E-state index contributed by atoms with van der Waals surface area (Å²) in [5, 5.41) is 0. The van der Waals surface area contributed by atoms with Crippen LogP contribution in [-0.4, -0.2) is 0 Å². The van der Waals surface area contributed by atoms with Crippen LogP contribution in [0.1, 0.15) is 16.7 Å². The lowest BCUT2D eigenvalue weighted by Crippen LogP contribution is -1.80. The van der Waals surface area contributed by atoms with Crippen molar-refractivity contribution in [2.75, 3.05) is 0 Å². The molecule has 0 amide bonds. The standard InChI is InChI=1S/C12H11/c1-4-10-7-11(5-2)9-12(6-3)8-10/h4-8H,1-3H2. The number of hydrogen-bond donors (Lipinski definition) is 0. The SMILES string of the molecule is C=Cc1[c]c(C=C)cc(C=C)c1. The Kier molecular flexibility index (Phi) is 2.65. The molecule has 0 nitrogen and oxygen atoms in total. The number of rotatable bonds is 3. The van der Waals surface area contributed by atoms with Gasteiger partial charge in [-0.1, -0.05) is 38.0 Å². The van der Waals surface area contributed by atoms with Crippen LogP contribution in [0.5, 0.6) is 0 Å². The third kappa shape index (κ3) is 1.73. The molecule has 0 saturated heterocycles. The highest BCUT2D eigenvalue weighted by atomic mass is 14.0. The van der Waals surface area contributed by atoms with Gasteiger partial charge in [0.25, 0.3) is 0 Å². The first-order valence-corrected chi connectivity index (χ1v) is 3.75. The monoisotopic (exact) mass is 155 g/mol. The Hall–Kier alpha value is -1.56. The van der Waals surface area contributed by atoms with Crippen LogP contribution in [-0.2, 0) is 0 Å². The number of hydrogen-bond acceptors (Lipinski definition) is 0. The van der Waals surface area contributed by atoms with Crippen molar-refractivity contribution in [3.63, 3.8) is 0 Å². The molecular formula is C12H11. The molecule has 0 aromatic heterocycles. The largest absolute Gasteiger partial charge is 0.0985 e. The van der Waals surface area contributed by atoms with E-state index in [4.69, 9.17) is 0 Å². The highest BCUT2D eigenvalue weighted by Crippen LogP contribution is 2.12. The summed E-state index contributed by atoms with van der Waals surface area (Å²) in [6.45, 7) is 11.1. The minimum absolute atomic E-state index is 0.974. The van der Waals surface area contributed by atoms with Crippen LogP contribution in [0.4, 0.5) is 0 Å². The quantitative estimate of drug-likeness (QED) is 0.627. The predicted molar refractivity (Wildman–Crippen MR) is 55.6 cm³/mol. The van der Waals surface area contributed by atoms with Gasteiger partial charge in [-0.2, -0.15) is 0 Å². The molecule has 0 fully saturated rings. The maximum Gasteiger partial charge on any atom is -0.00268 e. The Balaban J connectivity index is 3.26. The molecule has 0 heteroatoms. The van der Waals surface area contributed by atoms with Gasteiger partial charge in [0, 0.05) is 0 Å². The second-order valence-electron chi connectivity index (χ2n) is 2.44. The molecule has 0 unspecified atom stereocenters. The topological polar surface area (TPSA) is 0 Å². The van der Waals surface area contributed by atoms with Gasteiger partial charge in [-0.3, -0.25) is 0 Å². The lowest BCUT2D eigenvalue weighted by Gasteiger charge is -1.99. The molecule has 0 N–H and O–H groups in total. The van der Waals surface area contributed by atoms with Crippen molar-refractivity contribution in [2.45, 2.75) is 0 Å². The first-order chi connectivity index (χ1) is 5.80. The smallest absolute Gasteiger partial charge is 0.00268 e. The first kappa shape index (κ1) is 8.54. The Bertz CT molecular complexity index is 254. The fourth-order valence-corrected chi connectivity index (χ4v) is 0.977. The molecule has 0 atom stereocenters. The van der Waals surface area contributed by atoms with Gasteiger partial charge in [0.05, 0.1) is 0 Å². The summed E-state index contributed by atoms with van der Waals surface area (Å²) in [4.78, 5) is 0. The van der Waals surface area contributed by atoms with Crippen molar-refractivity contribution >= 4 is 18.2 Å². The summed E-state index contributed by atoms with van der Waals surface area (Å²) >= 11 is 0. The van der Waals surface area contributed by atoms with Gasteiger partial charge in [-0.15, -0.1) is 0 Å². The zero-order valence-corrected chi connectivity index (χ0v) is 7.01. The van der Waals surface area contributed by atoms with E-state index in [0.717, 1.165) is 16.7 Å². The maximum absolute atomic E-state index is 3.70. The van der Waals surface area contributed by atoms with Gasteiger partial charge in [-0.25, -0.2) is 0 Å². The van der Waals surface area contributed by atoms with Crippen molar-refractivity contribution < 1.29 is 0 Å². The van der Waals surface area contributed by atoms with Gasteiger partial charge in [0.2, 0.25) is 0 Å². The molecule has 0 spiro atoms. The van der Waals surface area contributed by atoms with Crippen LogP contribution >= 0.6 is 0 Å². The van der Waals surface area contributed by atoms with Gasteiger partial charge < -0.3 is 0 Å². The third-order valence-electron chi connectivity index (χ3n) is 1.61. The van der Waals surface area contributed by atoms with Gasteiger partial charge in [0.1, 0.15) is 0 Å². The fraction of sp³-hybridized carbons (Fsp3) is 0. The lowest BCUT2D eigenvalue weighted by molar-refractivity contribution is 1.57. The van der Waals surface area contributed by atoms with Gasteiger partial charge in [-0.05, 0) is 34.9 Å². The molecule has 0 aliphatic heterocycles.